The fourth-order valence-corrected chi connectivity index (χ4v) is 9.05. The minimum Gasteiger partial charge on any atom is -0.494 e. The number of rotatable bonds is 7. The van der Waals surface area contributed by atoms with Crippen molar-refractivity contribution in [3.63, 3.8) is 0 Å². The maximum Gasteiger partial charge on any atom is 0.408 e. The molecule has 2 saturated carbocycles. The summed E-state index contributed by atoms with van der Waals surface area (Å²) in [5, 5.41) is 6.73. The Balaban J connectivity index is 1.36. The number of alkyl carbamates (subject to hydrolysis) is 1. The van der Waals surface area contributed by atoms with E-state index in [2.05, 4.69) is 27.3 Å². The number of aromatic nitrogens is 1. The highest BCUT2D eigenvalue weighted by atomic mass is 35.5. The van der Waals surface area contributed by atoms with E-state index in [1.807, 2.05) is 19.1 Å². The number of halogens is 1. The Kier molecular flexibility index (Phi) is 11.1. The second kappa shape index (κ2) is 15.2. The summed E-state index contributed by atoms with van der Waals surface area (Å²) in [4.78, 5) is 62.0. The van der Waals surface area contributed by atoms with Gasteiger partial charge in [0.2, 0.25) is 27.7 Å². The molecule has 294 valence electrons. The lowest BCUT2D eigenvalue weighted by atomic mass is 9.88. The SMILES string of the molecule is COc1cnc(O[C@@H]2C[C@H]3C(=O)N[C@]4(C(=O)NS(=O)(=O)C5CC5)CC4/C=C\CC[C@@H](C)C[C@@H](C)[C@H](NC(=O)OC(C)(C)C)C(=O)N3C2)c2cc(Cl)ccc12. The molecule has 54 heavy (non-hydrogen) atoms. The first-order valence-electron chi connectivity index (χ1n) is 18.5. The van der Waals surface area contributed by atoms with Gasteiger partial charge in [0, 0.05) is 28.1 Å². The van der Waals surface area contributed by atoms with E-state index in [-0.39, 0.29) is 37.1 Å². The third-order valence-corrected chi connectivity index (χ3v) is 12.6. The molecule has 4 aliphatic rings. The van der Waals surface area contributed by atoms with Gasteiger partial charge in [0.15, 0.2) is 0 Å². The van der Waals surface area contributed by atoms with Gasteiger partial charge in [0.05, 0.1) is 25.1 Å². The summed E-state index contributed by atoms with van der Waals surface area (Å²) in [6.45, 7) is 9.08. The predicted molar refractivity (Wildman–Crippen MR) is 201 cm³/mol. The molecule has 14 nitrogen and oxygen atoms in total. The number of fused-ring (bicyclic) bond motifs is 3. The molecule has 1 aromatic carbocycles. The largest absolute Gasteiger partial charge is 0.494 e. The molecule has 2 aliphatic carbocycles. The molecule has 0 radical (unpaired) electrons. The molecular weight excluding hydrogens is 738 g/mol. The van der Waals surface area contributed by atoms with E-state index in [9.17, 15) is 27.6 Å². The number of pyridine rings is 1. The Labute approximate surface area is 321 Å². The zero-order chi connectivity index (χ0) is 39.2. The van der Waals surface area contributed by atoms with Crippen LogP contribution in [-0.2, 0) is 29.1 Å². The lowest BCUT2D eigenvalue weighted by Crippen LogP contribution is -2.59. The van der Waals surface area contributed by atoms with E-state index in [4.69, 9.17) is 25.8 Å². The molecule has 0 bridgehead atoms. The standard InChI is InChI=1S/C38H50ClN5O9S/c1-21-9-7-8-10-23-18-38(23,35(47)43-54(49,50)26-12-13-26)42-32(45)29-17-25(52-33-28-16-24(39)11-14-27(28)30(51-6)19-40-33)20-44(29)34(46)31(22(2)15-21)41-36(48)53-37(3,4)5/h8,10-11,14,16,19,21-23,25-26,29,31H,7,9,12-13,15,17-18,20H2,1-6H3,(H,41,48)(H,42,45)(H,43,47)/b10-8-/t21-,22-,23?,25-,29+,31+,38-/m1/s1. The summed E-state index contributed by atoms with van der Waals surface area (Å²) in [7, 11) is -2.38. The van der Waals surface area contributed by atoms with Gasteiger partial charge in [-0.05, 0) is 89.3 Å². The number of nitrogens with zero attached hydrogens (tertiary/aromatic N) is 2. The average molecular weight is 788 g/mol. The highest BCUT2D eigenvalue weighted by Gasteiger charge is 2.62. The third kappa shape index (κ3) is 8.72. The number of carbonyl (C=O) groups is 4. The Hall–Kier alpha value is -4.11. The zero-order valence-electron chi connectivity index (χ0n) is 31.5. The van der Waals surface area contributed by atoms with Gasteiger partial charge >= 0.3 is 6.09 Å². The fourth-order valence-electron chi connectivity index (χ4n) is 7.51. The summed E-state index contributed by atoms with van der Waals surface area (Å²) >= 11 is 6.36. The van der Waals surface area contributed by atoms with E-state index in [0.717, 1.165) is 6.42 Å². The van der Waals surface area contributed by atoms with Crippen molar-refractivity contribution in [1.82, 2.24) is 25.2 Å². The number of benzene rings is 1. The molecule has 1 aromatic heterocycles. The summed E-state index contributed by atoms with van der Waals surface area (Å²) in [5.41, 5.74) is -2.36. The van der Waals surface area contributed by atoms with Crippen molar-refractivity contribution in [2.75, 3.05) is 13.7 Å². The van der Waals surface area contributed by atoms with Crippen LogP contribution in [0.5, 0.6) is 11.6 Å². The lowest BCUT2D eigenvalue weighted by Gasteiger charge is -2.33. The number of nitrogens with one attached hydrogen (secondary N) is 3. The summed E-state index contributed by atoms with van der Waals surface area (Å²) in [6, 6.07) is 2.97. The molecule has 2 aliphatic heterocycles. The minimum absolute atomic E-state index is 0.00978. The Morgan fingerprint density at radius 1 is 1.09 bits per heavy atom. The second-order valence-electron chi connectivity index (χ2n) is 16.2. The summed E-state index contributed by atoms with van der Waals surface area (Å²) in [6.07, 6.45) is 6.95. The molecule has 3 N–H and O–H groups in total. The topological polar surface area (TPSA) is 182 Å². The van der Waals surface area contributed by atoms with E-state index in [1.165, 1.54) is 18.2 Å². The average Bonchev–Trinajstić information content (AvgIpc) is 4.01. The van der Waals surface area contributed by atoms with E-state index < -0.39 is 74.3 Å². The molecule has 3 fully saturated rings. The number of methoxy groups -OCH3 is 1. The van der Waals surface area contributed by atoms with Crippen LogP contribution >= 0.6 is 11.6 Å². The van der Waals surface area contributed by atoms with Crippen LogP contribution in [0.1, 0.15) is 79.6 Å². The van der Waals surface area contributed by atoms with Gasteiger partial charge in [-0.25, -0.2) is 18.2 Å². The van der Waals surface area contributed by atoms with Crippen LogP contribution in [-0.4, -0.2) is 90.3 Å². The van der Waals surface area contributed by atoms with Crippen LogP contribution < -0.4 is 24.8 Å². The van der Waals surface area contributed by atoms with Crippen molar-refractivity contribution in [3.05, 3.63) is 41.6 Å². The van der Waals surface area contributed by atoms with Gasteiger partial charge in [0.1, 0.15) is 35.1 Å². The smallest absolute Gasteiger partial charge is 0.408 e. The van der Waals surface area contributed by atoms with Crippen molar-refractivity contribution in [3.8, 4) is 11.6 Å². The maximum atomic E-state index is 14.7. The monoisotopic (exact) mass is 787 g/mol. The second-order valence-corrected chi connectivity index (χ2v) is 18.6. The molecule has 1 saturated heterocycles. The first-order chi connectivity index (χ1) is 25.4. The Morgan fingerprint density at radius 2 is 1.83 bits per heavy atom. The maximum absolute atomic E-state index is 14.7. The van der Waals surface area contributed by atoms with Crippen LogP contribution in [0.4, 0.5) is 4.79 Å². The Bertz CT molecular complexity index is 1950. The minimum atomic E-state index is -3.91. The first kappa shape index (κ1) is 39.6. The van der Waals surface area contributed by atoms with E-state index >= 15 is 0 Å². The number of sulfonamides is 1. The molecule has 3 heterocycles. The van der Waals surface area contributed by atoms with Crippen molar-refractivity contribution in [1.29, 1.82) is 0 Å². The van der Waals surface area contributed by atoms with Crippen molar-refractivity contribution >= 4 is 56.2 Å². The Morgan fingerprint density at radius 3 is 2.52 bits per heavy atom. The summed E-state index contributed by atoms with van der Waals surface area (Å²) in [5.74, 6) is -1.91. The van der Waals surface area contributed by atoms with Gasteiger partial charge in [-0.3, -0.25) is 19.1 Å². The molecular formula is C38H50ClN5O9S. The van der Waals surface area contributed by atoms with Crippen LogP contribution in [0, 0.1) is 17.8 Å². The zero-order valence-corrected chi connectivity index (χ0v) is 33.1. The van der Waals surface area contributed by atoms with Crippen LogP contribution in [0.3, 0.4) is 0 Å². The number of amides is 4. The first-order valence-corrected chi connectivity index (χ1v) is 20.5. The van der Waals surface area contributed by atoms with Crippen LogP contribution in [0.25, 0.3) is 10.8 Å². The van der Waals surface area contributed by atoms with Gasteiger partial charge in [0.25, 0.3) is 5.91 Å². The summed E-state index contributed by atoms with van der Waals surface area (Å²) < 4.78 is 45.4. The molecule has 16 heteroatoms. The number of hydrogen-bond donors (Lipinski definition) is 3. The number of allylic oxidation sites excluding steroid dienone is 1. The lowest BCUT2D eigenvalue weighted by molar-refractivity contribution is -0.142. The van der Waals surface area contributed by atoms with Crippen molar-refractivity contribution in [2.45, 2.75) is 114 Å². The normalized spacial score (nSPS) is 29.8. The third-order valence-electron chi connectivity index (χ3n) is 10.6. The van der Waals surface area contributed by atoms with Gasteiger partial charge in [-0.2, -0.15) is 0 Å². The fraction of sp³-hybridized carbons (Fsp3) is 0.605. The van der Waals surface area contributed by atoms with Crippen LogP contribution in [0.15, 0.2) is 36.5 Å². The van der Waals surface area contributed by atoms with Crippen LogP contribution in [0.2, 0.25) is 5.02 Å². The molecule has 7 atom stereocenters. The van der Waals surface area contributed by atoms with E-state index in [0.29, 0.717) is 47.2 Å². The van der Waals surface area contributed by atoms with Gasteiger partial charge in [-0.1, -0.05) is 37.6 Å². The number of carbonyl (C=O) groups excluding carboxylic acids is 4. The molecule has 0 spiro atoms. The van der Waals surface area contributed by atoms with Crippen molar-refractivity contribution in [2.24, 2.45) is 17.8 Å². The van der Waals surface area contributed by atoms with Gasteiger partial charge in [-0.15, -0.1) is 0 Å². The highest BCUT2D eigenvalue weighted by molar-refractivity contribution is 7.91. The highest BCUT2D eigenvalue weighted by Crippen LogP contribution is 2.46. The predicted octanol–water partition coefficient (Wildman–Crippen LogP) is 4.63. The van der Waals surface area contributed by atoms with Gasteiger partial charge < -0.3 is 29.7 Å². The van der Waals surface area contributed by atoms with E-state index in [1.54, 1.807) is 39.0 Å². The molecule has 4 amide bonds. The molecule has 2 aromatic rings. The molecule has 6 rings (SSSR count). The quantitative estimate of drug-likeness (QED) is 0.335. The van der Waals surface area contributed by atoms with Crippen molar-refractivity contribution < 1.29 is 41.8 Å². The number of hydrogen-bond acceptors (Lipinski definition) is 10. The number of ether oxygens (including phenoxy) is 3. The molecule has 1 unspecified atom stereocenters.